The average molecular weight is 373 g/mol. The lowest BCUT2D eigenvalue weighted by Crippen LogP contribution is -2.40. The van der Waals surface area contributed by atoms with Gasteiger partial charge in [0.2, 0.25) is 11.9 Å². The molecule has 2 aromatic rings. The van der Waals surface area contributed by atoms with Gasteiger partial charge in [0.1, 0.15) is 12.0 Å². The normalized spacial score (nSPS) is 18.6. The summed E-state index contributed by atoms with van der Waals surface area (Å²) in [6.07, 6.45) is 1.05. The van der Waals surface area contributed by atoms with Gasteiger partial charge in [-0.1, -0.05) is 18.7 Å². The number of aromatic nitrogens is 3. The summed E-state index contributed by atoms with van der Waals surface area (Å²) in [6.45, 7) is 4.00. The SMILES string of the molecule is C=C1Nc2nc(CCCO)nn2[C@H](c2cccc(OC)c2OC)[C@@H]1C(N)=O. The zero-order chi connectivity index (χ0) is 19.6. The van der Waals surface area contributed by atoms with E-state index in [1.54, 1.807) is 17.9 Å². The van der Waals surface area contributed by atoms with Gasteiger partial charge in [-0.3, -0.25) is 4.79 Å². The third kappa shape index (κ3) is 3.33. The molecule has 9 nitrogen and oxygen atoms in total. The summed E-state index contributed by atoms with van der Waals surface area (Å²) in [5.41, 5.74) is 6.80. The van der Waals surface area contributed by atoms with Gasteiger partial charge in [0.05, 0.1) is 14.2 Å². The highest BCUT2D eigenvalue weighted by Crippen LogP contribution is 2.43. The number of para-hydroxylation sites is 1. The summed E-state index contributed by atoms with van der Waals surface area (Å²) in [7, 11) is 3.08. The third-order valence-corrected chi connectivity index (χ3v) is 4.52. The van der Waals surface area contributed by atoms with Crippen molar-refractivity contribution >= 4 is 11.9 Å². The number of aliphatic hydroxyl groups excluding tert-OH is 1. The summed E-state index contributed by atoms with van der Waals surface area (Å²) in [5.74, 6) is 0.733. The molecule has 1 aromatic carbocycles. The second-order valence-corrected chi connectivity index (χ2v) is 6.18. The molecule has 0 spiro atoms. The number of nitrogens with zero attached hydrogens (tertiary/aromatic N) is 3. The molecule has 0 saturated heterocycles. The Balaban J connectivity index is 2.18. The van der Waals surface area contributed by atoms with Crippen LogP contribution in [0.15, 0.2) is 30.5 Å². The molecule has 3 rings (SSSR count). The molecular formula is C18H23N5O4. The molecule has 1 amide bonds. The van der Waals surface area contributed by atoms with Gasteiger partial charge in [-0.25, -0.2) is 4.68 Å². The lowest BCUT2D eigenvalue weighted by atomic mass is 9.88. The van der Waals surface area contributed by atoms with Crippen LogP contribution in [0.4, 0.5) is 5.95 Å². The summed E-state index contributed by atoms with van der Waals surface area (Å²) in [6, 6.07) is 4.82. The molecule has 0 aliphatic carbocycles. The number of primary amides is 1. The fourth-order valence-electron chi connectivity index (χ4n) is 3.33. The van der Waals surface area contributed by atoms with Gasteiger partial charge >= 0.3 is 0 Å². The maximum absolute atomic E-state index is 12.2. The minimum Gasteiger partial charge on any atom is -0.493 e. The van der Waals surface area contributed by atoms with Crippen molar-refractivity contribution in [3.63, 3.8) is 0 Å². The number of anilines is 1. The van der Waals surface area contributed by atoms with Gasteiger partial charge in [-0.2, -0.15) is 10.1 Å². The quantitative estimate of drug-likeness (QED) is 0.657. The van der Waals surface area contributed by atoms with E-state index in [9.17, 15) is 4.79 Å². The largest absolute Gasteiger partial charge is 0.493 e. The molecule has 1 aliphatic heterocycles. The number of ether oxygens (including phenoxy) is 2. The van der Waals surface area contributed by atoms with Crippen LogP contribution < -0.4 is 20.5 Å². The van der Waals surface area contributed by atoms with Crippen molar-refractivity contribution in [3.8, 4) is 11.5 Å². The number of nitrogens with two attached hydrogens (primary N) is 1. The molecule has 0 saturated carbocycles. The second-order valence-electron chi connectivity index (χ2n) is 6.18. The molecule has 9 heteroatoms. The average Bonchev–Trinajstić information content (AvgIpc) is 3.06. The number of amides is 1. The number of hydrogen-bond donors (Lipinski definition) is 3. The molecule has 0 fully saturated rings. The van der Waals surface area contributed by atoms with E-state index in [4.69, 9.17) is 20.3 Å². The first-order chi connectivity index (χ1) is 13.0. The van der Waals surface area contributed by atoms with Gasteiger partial charge in [0.15, 0.2) is 17.3 Å². The molecule has 1 aliphatic rings. The smallest absolute Gasteiger partial charge is 0.229 e. The van der Waals surface area contributed by atoms with Crippen LogP contribution in [-0.4, -0.2) is 46.6 Å². The lowest BCUT2D eigenvalue weighted by molar-refractivity contribution is -0.121. The lowest BCUT2D eigenvalue weighted by Gasteiger charge is -2.33. The van der Waals surface area contributed by atoms with Gasteiger partial charge in [-0.15, -0.1) is 0 Å². The third-order valence-electron chi connectivity index (χ3n) is 4.52. The standard InChI is InChI=1S/C18H23N5O4/c1-10-14(17(19)25)15(11-6-4-7-12(26-2)16(11)27-3)23-18(20-10)21-13(22-23)8-5-9-24/h4,6-7,14-15,24H,1,5,8-9H2,2-3H3,(H2,19,25)(H,20,21,22)/t14-,15-/m1/s1. The number of rotatable bonds is 7. The Morgan fingerprint density at radius 1 is 1.41 bits per heavy atom. The molecular weight excluding hydrogens is 350 g/mol. The van der Waals surface area contributed by atoms with Crippen molar-refractivity contribution in [3.05, 3.63) is 41.9 Å². The number of methoxy groups -OCH3 is 2. The first-order valence-corrected chi connectivity index (χ1v) is 8.54. The monoisotopic (exact) mass is 373 g/mol. The Kier molecular flexibility index (Phi) is 5.31. The predicted molar refractivity (Wildman–Crippen MR) is 98.6 cm³/mol. The van der Waals surface area contributed by atoms with E-state index in [1.165, 1.54) is 7.11 Å². The Morgan fingerprint density at radius 2 is 2.19 bits per heavy atom. The number of carbonyl (C=O) groups is 1. The van der Waals surface area contributed by atoms with E-state index < -0.39 is 17.9 Å². The van der Waals surface area contributed by atoms with Crippen molar-refractivity contribution in [2.45, 2.75) is 18.9 Å². The maximum Gasteiger partial charge on any atom is 0.229 e. The van der Waals surface area contributed by atoms with Gasteiger partial charge in [-0.05, 0) is 12.5 Å². The number of aryl methyl sites for hydroxylation is 1. The number of hydrogen-bond acceptors (Lipinski definition) is 7. The number of nitrogens with one attached hydrogen (secondary N) is 1. The highest BCUT2D eigenvalue weighted by molar-refractivity contribution is 5.82. The van der Waals surface area contributed by atoms with Crippen LogP contribution in [0.2, 0.25) is 0 Å². The highest BCUT2D eigenvalue weighted by atomic mass is 16.5. The van der Waals surface area contributed by atoms with Crippen LogP contribution in [0, 0.1) is 5.92 Å². The highest BCUT2D eigenvalue weighted by Gasteiger charge is 2.40. The topological polar surface area (TPSA) is 125 Å². The zero-order valence-corrected chi connectivity index (χ0v) is 15.3. The van der Waals surface area contributed by atoms with Crippen molar-refractivity contribution in [1.82, 2.24) is 14.8 Å². The van der Waals surface area contributed by atoms with E-state index in [1.807, 2.05) is 12.1 Å². The molecule has 1 aromatic heterocycles. The number of aliphatic hydroxyl groups is 1. The maximum atomic E-state index is 12.2. The molecule has 0 radical (unpaired) electrons. The van der Waals surface area contributed by atoms with Crippen LogP contribution in [0.25, 0.3) is 0 Å². The Morgan fingerprint density at radius 3 is 2.81 bits per heavy atom. The molecule has 2 heterocycles. The van der Waals surface area contributed by atoms with Crippen LogP contribution in [0.1, 0.15) is 23.9 Å². The van der Waals surface area contributed by atoms with E-state index in [0.29, 0.717) is 47.4 Å². The molecule has 4 N–H and O–H groups in total. The molecule has 0 unspecified atom stereocenters. The number of benzene rings is 1. The summed E-state index contributed by atoms with van der Waals surface area (Å²) in [4.78, 5) is 16.7. The first-order valence-electron chi connectivity index (χ1n) is 8.54. The molecule has 144 valence electrons. The fourth-order valence-corrected chi connectivity index (χ4v) is 3.33. The summed E-state index contributed by atoms with van der Waals surface area (Å²) in [5, 5.41) is 16.6. The van der Waals surface area contributed by atoms with Crippen LogP contribution in [0.5, 0.6) is 11.5 Å². The minimum absolute atomic E-state index is 0.0427. The summed E-state index contributed by atoms with van der Waals surface area (Å²) < 4.78 is 12.6. The molecule has 2 atom stereocenters. The van der Waals surface area contributed by atoms with E-state index >= 15 is 0 Å². The zero-order valence-electron chi connectivity index (χ0n) is 15.3. The Labute approximate surface area is 156 Å². The van der Waals surface area contributed by atoms with Crippen LogP contribution in [0.3, 0.4) is 0 Å². The van der Waals surface area contributed by atoms with Crippen molar-refractivity contribution in [2.75, 3.05) is 26.1 Å². The molecule has 27 heavy (non-hydrogen) atoms. The van der Waals surface area contributed by atoms with Crippen LogP contribution >= 0.6 is 0 Å². The summed E-state index contributed by atoms with van der Waals surface area (Å²) >= 11 is 0. The van der Waals surface area contributed by atoms with E-state index in [2.05, 4.69) is 22.0 Å². The predicted octanol–water partition coefficient (Wildman–Crippen LogP) is 0.850. The number of carbonyl (C=O) groups excluding carboxylic acids is 1. The van der Waals surface area contributed by atoms with Crippen molar-refractivity contribution < 1.29 is 19.4 Å². The Bertz CT molecular complexity index is 863. The van der Waals surface area contributed by atoms with Gasteiger partial charge in [0.25, 0.3) is 0 Å². The van der Waals surface area contributed by atoms with E-state index in [-0.39, 0.29) is 6.61 Å². The van der Waals surface area contributed by atoms with Gasteiger partial charge in [0, 0.05) is 24.3 Å². The van der Waals surface area contributed by atoms with Crippen LogP contribution in [-0.2, 0) is 11.2 Å². The minimum atomic E-state index is -0.758. The van der Waals surface area contributed by atoms with E-state index in [0.717, 1.165) is 0 Å². The van der Waals surface area contributed by atoms with Crippen molar-refractivity contribution in [2.24, 2.45) is 11.7 Å². The second kappa shape index (κ2) is 7.67. The van der Waals surface area contributed by atoms with Gasteiger partial charge < -0.3 is 25.6 Å². The first kappa shape index (κ1) is 18.7. The molecule has 0 bridgehead atoms. The van der Waals surface area contributed by atoms with Crippen molar-refractivity contribution in [1.29, 1.82) is 0 Å². The number of fused-ring (bicyclic) bond motifs is 1. The fraction of sp³-hybridized carbons (Fsp3) is 0.389. The Hall–Kier alpha value is -3.07.